The molecule has 2 aromatic carbocycles. The average molecular weight is 344 g/mol. The second-order valence-corrected chi connectivity index (χ2v) is 6.32. The molecular weight excluding hydrogens is 330 g/mol. The summed E-state index contributed by atoms with van der Waals surface area (Å²) in [5.41, 5.74) is 3.48. The van der Waals surface area contributed by atoms with Crippen LogP contribution in [0.3, 0.4) is 0 Å². The first-order chi connectivity index (χ1) is 11.2. The molecule has 0 unspecified atom stereocenters. The molecule has 0 spiro atoms. The number of carbonyl (C=O) groups excluding carboxylic acids is 1. The molecule has 0 saturated heterocycles. The Balaban J connectivity index is 1.77. The predicted octanol–water partition coefficient (Wildman–Crippen LogP) is 4.84. The number of carbonyl (C=O) groups is 1. The van der Waals surface area contributed by atoms with E-state index in [9.17, 15) is 4.79 Å². The summed E-state index contributed by atoms with van der Waals surface area (Å²) in [4.78, 5) is 16.1. The van der Waals surface area contributed by atoms with Gasteiger partial charge in [0.1, 0.15) is 0 Å². The van der Waals surface area contributed by atoms with Crippen molar-refractivity contribution in [2.45, 2.75) is 6.42 Å². The molecule has 0 aliphatic heterocycles. The van der Waals surface area contributed by atoms with E-state index in [0.717, 1.165) is 28.2 Å². The molecule has 0 atom stereocenters. The first-order valence-corrected chi connectivity index (χ1v) is 8.29. The van der Waals surface area contributed by atoms with E-state index in [1.807, 2.05) is 41.8 Å². The van der Waals surface area contributed by atoms with E-state index in [2.05, 4.69) is 4.98 Å². The SMILES string of the molecule is COC(=O)c1ccc(Cc2nc(-c3ccccc3Cl)cs2)cc1. The van der Waals surface area contributed by atoms with Crippen LogP contribution < -0.4 is 0 Å². The summed E-state index contributed by atoms with van der Waals surface area (Å²) in [6, 6.07) is 15.1. The molecule has 0 radical (unpaired) electrons. The number of halogens is 1. The minimum atomic E-state index is -0.327. The first-order valence-electron chi connectivity index (χ1n) is 7.04. The number of thiazole rings is 1. The molecule has 0 bridgehead atoms. The summed E-state index contributed by atoms with van der Waals surface area (Å²) in [5, 5.41) is 3.72. The Morgan fingerprint density at radius 3 is 2.61 bits per heavy atom. The third-order valence-corrected chi connectivity index (χ3v) is 4.61. The number of nitrogens with zero attached hydrogens (tertiary/aromatic N) is 1. The van der Waals surface area contributed by atoms with Gasteiger partial charge < -0.3 is 4.74 Å². The molecule has 3 aromatic rings. The highest BCUT2D eigenvalue weighted by Crippen LogP contribution is 2.29. The van der Waals surface area contributed by atoms with Gasteiger partial charge in [-0.25, -0.2) is 9.78 Å². The molecular formula is C18H14ClNO2S. The molecule has 0 saturated carbocycles. The average Bonchev–Trinajstić information content (AvgIpc) is 3.03. The summed E-state index contributed by atoms with van der Waals surface area (Å²) in [6.45, 7) is 0. The molecule has 0 aliphatic carbocycles. The first kappa shape index (κ1) is 15.7. The fourth-order valence-corrected chi connectivity index (χ4v) is 3.30. The predicted molar refractivity (Wildman–Crippen MR) is 93.1 cm³/mol. The summed E-state index contributed by atoms with van der Waals surface area (Å²) in [6.07, 6.45) is 0.719. The number of aromatic nitrogens is 1. The van der Waals surface area contributed by atoms with Gasteiger partial charge in [0.05, 0.1) is 23.4 Å². The van der Waals surface area contributed by atoms with Crippen LogP contribution in [0, 0.1) is 0 Å². The van der Waals surface area contributed by atoms with Crippen LogP contribution in [0.25, 0.3) is 11.3 Å². The van der Waals surface area contributed by atoms with Crippen LogP contribution in [0.2, 0.25) is 5.02 Å². The lowest BCUT2D eigenvalue weighted by molar-refractivity contribution is 0.0600. The van der Waals surface area contributed by atoms with E-state index in [1.165, 1.54) is 7.11 Å². The minimum Gasteiger partial charge on any atom is -0.465 e. The number of esters is 1. The lowest BCUT2D eigenvalue weighted by Crippen LogP contribution is -2.00. The van der Waals surface area contributed by atoms with E-state index < -0.39 is 0 Å². The summed E-state index contributed by atoms with van der Waals surface area (Å²) < 4.78 is 4.70. The van der Waals surface area contributed by atoms with Crippen LogP contribution in [0.4, 0.5) is 0 Å². The molecule has 23 heavy (non-hydrogen) atoms. The van der Waals surface area contributed by atoms with Gasteiger partial charge in [-0.15, -0.1) is 11.3 Å². The quantitative estimate of drug-likeness (QED) is 0.636. The standard InChI is InChI=1S/C18H14ClNO2S/c1-22-18(21)13-8-6-12(7-9-13)10-17-20-16(11-23-17)14-4-2-3-5-15(14)19/h2-9,11H,10H2,1H3. The summed E-state index contributed by atoms with van der Waals surface area (Å²) in [5.74, 6) is -0.327. The maximum atomic E-state index is 11.4. The summed E-state index contributed by atoms with van der Waals surface area (Å²) in [7, 11) is 1.38. The number of methoxy groups -OCH3 is 1. The highest BCUT2D eigenvalue weighted by Gasteiger charge is 2.09. The molecule has 0 N–H and O–H groups in total. The number of hydrogen-bond acceptors (Lipinski definition) is 4. The van der Waals surface area contributed by atoms with E-state index >= 15 is 0 Å². The van der Waals surface area contributed by atoms with Crippen molar-refractivity contribution >= 4 is 28.9 Å². The third kappa shape index (κ3) is 3.60. The molecule has 1 heterocycles. The Morgan fingerprint density at radius 1 is 1.17 bits per heavy atom. The third-order valence-electron chi connectivity index (χ3n) is 3.43. The summed E-state index contributed by atoms with van der Waals surface area (Å²) >= 11 is 7.81. The molecule has 1 aromatic heterocycles. The van der Waals surface area contributed by atoms with E-state index in [4.69, 9.17) is 16.3 Å². The Kier molecular flexibility index (Phi) is 4.74. The Morgan fingerprint density at radius 2 is 1.91 bits per heavy atom. The normalized spacial score (nSPS) is 10.5. The van der Waals surface area contributed by atoms with Crippen LogP contribution in [0.1, 0.15) is 20.9 Å². The second-order valence-electron chi connectivity index (χ2n) is 4.97. The lowest BCUT2D eigenvalue weighted by atomic mass is 10.1. The van der Waals surface area contributed by atoms with Gasteiger partial charge in [-0.05, 0) is 23.8 Å². The number of hydrogen-bond donors (Lipinski definition) is 0. The van der Waals surface area contributed by atoms with Gasteiger partial charge in [0.15, 0.2) is 0 Å². The second kappa shape index (κ2) is 6.94. The molecule has 3 nitrogen and oxygen atoms in total. The maximum Gasteiger partial charge on any atom is 0.337 e. The molecule has 0 amide bonds. The minimum absolute atomic E-state index is 0.327. The highest BCUT2D eigenvalue weighted by atomic mass is 35.5. The van der Waals surface area contributed by atoms with Crippen molar-refractivity contribution in [3.63, 3.8) is 0 Å². The van der Waals surface area contributed by atoms with Gasteiger partial charge >= 0.3 is 5.97 Å². The topological polar surface area (TPSA) is 39.2 Å². The van der Waals surface area contributed by atoms with Gasteiger partial charge in [-0.3, -0.25) is 0 Å². The van der Waals surface area contributed by atoms with Gasteiger partial charge in [0.25, 0.3) is 0 Å². The molecule has 3 rings (SSSR count). The number of ether oxygens (including phenoxy) is 1. The lowest BCUT2D eigenvalue weighted by Gasteiger charge is -2.02. The molecule has 116 valence electrons. The molecule has 0 aliphatic rings. The maximum absolute atomic E-state index is 11.4. The van der Waals surface area contributed by atoms with Crippen molar-refractivity contribution in [2.75, 3.05) is 7.11 Å². The van der Waals surface area contributed by atoms with E-state index in [0.29, 0.717) is 10.6 Å². The van der Waals surface area contributed by atoms with Gasteiger partial charge in [-0.2, -0.15) is 0 Å². The monoisotopic (exact) mass is 343 g/mol. The van der Waals surface area contributed by atoms with Gasteiger partial charge in [0.2, 0.25) is 0 Å². The van der Waals surface area contributed by atoms with Gasteiger partial charge in [0, 0.05) is 22.4 Å². The fraction of sp³-hybridized carbons (Fsp3) is 0.111. The zero-order chi connectivity index (χ0) is 16.2. The van der Waals surface area contributed by atoms with Crippen molar-refractivity contribution in [1.82, 2.24) is 4.98 Å². The van der Waals surface area contributed by atoms with Gasteiger partial charge in [-0.1, -0.05) is 41.9 Å². The van der Waals surface area contributed by atoms with Crippen LogP contribution in [-0.4, -0.2) is 18.1 Å². The number of rotatable bonds is 4. The largest absolute Gasteiger partial charge is 0.465 e. The number of benzene rings is 2. The Hall–Kier alpha value is -2.17. The smallest absolute Gasteiger partial charge is 0.337 e. The fourth-order valence-electron chi connectivity index (χ4n) is 2.24. The van der Waals surface area contributed by atoms with E-state index in [-0.39, 0.29) is 5.97 Å². The van der Waals surface area contributed by atoms with Crippen LogP contribution in [0.5, 0.6) is 0 Å². The van der Waals surface area contributed by atoms with Crippen molar-refractivity contribution in [2.24, 2.45) is 0 Å². The van der Waals surface area contributed by atoms with Crippen molar-refractivity contribution < 1.29 is 9.53 Å². The molecule has 0 fully saturated rings. The zero-order valence-corrected chi connectivity index (χ0v) is 14.0. The van der Waals surface area contributed by atoms with Crippen molar-refractivity contribution in [3.8, 4) is 11.3 Å². The Bertz CT molecular complexity index is 827. The van der Waals surface area contributed by atoms with Crippen molar-refractivity contribution in [3.05, 3.63) is 75.1 Å². The Labute approximate surface area is 143 Å². The van der Waals surface area contributed by atoms with Crippen LogP contribution in [-0.2, 0) is 11.2 Å². The van der Waals surface area contributed by atoms with Crippen LogP contribution in [0.15, 0.2) is 53.9 Å². The zero-order valence-electron chi connectivity index (χ0n) is 12.5. The van der Waals surface area contributed by atoms with E-state index in [1.54, 1.807) is 23.5 Å². The van der Waals surface area contributed by atoms with Crippen molar-refractivity contribution in [1.29, 1.82) is 0 Å². The highest BCUT2D eigenvalue weighted by molar-refractivity contribution is 7.10. The van der Waals surface area contributed by atoms with Crippen LogP contribution >= 0.6 is 22.9 Å². The molecule has 5 heteroatoms.